The Bertz CT molecular complexity index is 1420. The van der Waals surface area contributed by atoms with E-state index < -0.39 is 10.9 Å². The summed E-state index contributed by atoms with van der Waals surface area (Å²) in [6.45, 7) is 3.59. The molecule has 4 aromatic rings. The average Bonchev–Trinajstić information content (AvgIpc) is 2.81. The zero-order chi connectivity index (χ0) is 23.5. The van der Waals surface area contributed by atoms with Crippen molar-refractivity contribution in [1.82, 2.24) is 0 Å². The van der Waals surface area contributed by atoms with Crippen LogP contribution in [0.4, 0.5) is 5.69 Å². The van der Waals surface area contributed by atoms with Crippen molar-refractivity contribution >= 4 is 22.6 Å². The highest BCUT2D eigenvalue weighted by Gasteiger charge is 2.16. The van der Waals surface area contributed by atoms with Gasteiger partial charge < -0.3 is 13.9 Å². The molecule has 0 radical (unpaired) electrons. The van der Waals surface area contributed by atoms with Gasteiger partial charge in [-0.15, -0.1) is 0 Å². The lowest BCUT2D eigenvalue weighted by Gasteiger charge is -2.08. The highest BCUT2D eigenvalue weighted by Crippen LogP contribution is 2.25. The first-order valence-electron chi connectivity index (χ1n) is 10.2. The lowest BCUT2D eigenvalue weighted by Crippen LogP contribution is -2.10. The van der Waals surface area contributed by atoms with Crippen LogP contribution in [0.5, 0.6) is 17.2 Å². The van der Waals surface area contributed by atoms with Gasteiger partial charge in [-0.25, -0.2) is 4.79 Å². The van der Waals surface area contributed by atoms with Gasteiger partial charge in [0.15, 0.2) is 0 Å². The van der Waals surface area contributed by atoms with Gasteiger partial charge in [-0.05, 0) is 55.3 Å². The predicted molar refractivity (Wildman–Crippen MR) is 121 cm³/mol. The number of nitrogens with zero attached hydrogens (tertiary/aromatic N) is 1. The van der Waals surface area contributed by atoms with Crippen molar-refractivity contribution in [2.45, 2.75) is 20.3 Å². The average molecular weight is 445 g/mol. The number of carbonyl (C=O) groups is 1. The minimum atomic E-state index is -0.690. The molecule has 0 spiro atoms. The van der Waals surface area contributed by atoms with E-state index in [1.54, 1.807) is 12.1 Å². The van der Waals surface area contributed by atoms with Crippen molar-refractivity contribution in [3.63, 3.8) is 0 Å². The SMILES string of the molecule is CCc1ccc(Oc2coc3cc(OC(=O)c4ccc([N+](=O)[O-])c(C)c4)ccc3c2=O)cc1. The topological polar surface area (TPSA) is 109 Å². The van der Waals surface area contributed by atoms with Gasteiger partial charge >= 0.3 is 5.97 Å². The summed E-state index contributed by atoms with van der Waals surface area (Å²) in [7, 11) is 0. The van der Waals surface area contributed by atoms with Gasteiger partial charge in [0, 0.05) is 17.7 Å². The van der Waals surface area contributed by atoms with Crippen LogP contribution < -0.4 is 14.9 Å². The van der Waals surface area contributed by atoms with Crippen molar-refractivity contribution in [1.29, 1.82) is 0 Å². The predicted octanol–water partition coefficient (Wildman–Crippen LogP) is 5.58. The van der Waals surface area contributed by atoms with E-state index in [4.69, 9.17) is 13.9 Å². The Balaban J connectivity index is 1.55. The second kappa shape index (κ2) is 8.96. The Labute approximate surface area is 188 Å². The number of nitro groups is 1. The number of hydrogen-bond acceptors (Lipinski definition) is 7. The summed E-state index contributed by atoms with van der Waals surface area (Å²) in [6, 6.07) is 15.7. The molecule has 0 unspecified atom stereocenters. The lowest BCUT2D eigenvalue weighted by atomic mass is 10.1. The molecule has 0 aliphatic carbocycles. The molecule has 166 valence electrons. The molecule has 0 aliphatic heterocycles. The third-order valence-corrected chi connectivity index (χ3v) is 5.11. The fourth-order valence-electron chi connectivity index (χ4n) is 3.30. The first-order valence-corrected chi connectivity index (χ1v) is 10.2. The highest BCUT2D eigenvalue weighted by molar-refractivity contribution is 5.92. The van der Waals surface area contributed by atoms with Crippen molar-refractivity contribution < 1.29 is 23.6 Å². The lowest BCUT2D eigenvalue weighted by molar-refractivity contribution is -0.385. The van der Waals surface area contributed by atoms with Crippen molar-refractivity contribution in [2.24, 2.45) is 0 Å². The largest absolute Gasteiger partial charge is 0.460 e. The Kier molecular flexibility index (Phi) is 5.91. The van der Waals surface area contributed by atoms with Gasteiger partial charge in [-0.1, -0.05) is 19.1 Å². The molecule has 0 atom stereocenters. The smallest absolute Gasteiger partial charge is 0.343 e. The molecule has 3 aromatic carbocycles. The number of hydrogen-bond donors (Lipinski definition) is 0. The molecular formula is C25H19NO7. The van der Waals surface area contributed by atoms with Gasteiger partial charge in [0.25, 0.3) is 5.69 Å². The number of benzene rings is 3. The van der Waals surface area contributed by atoms with E-state index in [0.29, 0.717) is 11.3 Å². The molecule has 0 N–H and O–H groups in total. The number of esters is 1. The Morgan fingerprint density at radius 3 is 2.42 bits per heavy atom. The van der Waals surface area contributed by atoms with E-state index in [0.717, 1.165) is 12.0 Å². The second-order valence-electron chi connectivity index (χ2n) is 7.33. The van der Waals surface area contributed by atoms with Crippen LogP contribution in [0.2, 0.25) is 0 Å². The van der Waals surface area contributed by atoms with E-state index >= 15 is 0 Å². The van der Waals surface area contributed by atoms with E-state index in [1.807, 2.05) is 19.1 Å². The number of fused-ring (bicyclic) bond motifs is 1. The van der Waals surface area contributed by atoms with Crippen LogP contribution in [0, 0.1) is 17.0 Å². The van der Waals surface area contributed by atoms with E-state index in [9.17, 15) is 19.7 Å². The summed E-state index contributed by atoms with van der Waals surface area (Å²) < 4.78 is 16.6. The summed E-state index contributed by atoms with van der Waals surface area (Å²) in [6.07, 6.45) is 2.11. The molecule has 8 heteroatoms. The quantitative estimate of drug-likeness (QED) is 0.165. The molecule has 0 saturated heterocycles. The number of nitro benzene ring substituents is 1. The zero-order valence-corrected chi connectivity index (χ0v) is 17.9. The second-order valence-corrected chi connectivity index (χ2v) is 7.33. The maximum atomic E-state index is 12.8. The van der Waals surface area contributed by atoms with Crippen LogP contribution in [0.3, 0.4) is 0 Å². The molecule has 0 saturated carbocycles. The molecule has 1 aromatic heterocycles. The Morgan fingerprint density at radius 1 is 1.03 bits per heavy atom. The molecular weight excluding hydrogens is 426 g/mol. The molecule has 4 rings (SSSR count). The summed E-state index contributed by atoms with van der Waals surface area (Å²) in [5.41, 5.74) is 1.43. The van der Waals surface area contributed by atoms with Gasteiger partial charge in [-0.3, -0.25) is 14.9 Å². The molecule has 33 heavy (non-hydrogen) atoms. The molecule has 0 bridgehead atoms. The van der Waals surface area contributed by atoms with Gasteiger partial charge in [-0.2, -0.15) is 0 Å². The zero-order valence-electron chi connectivity index (χ0n) is 17.9. The van der Waals surface area contributed by atoms with Gasteiger partial charge in [0.1, 0.15) is 23.3 Å². The van der Waals surface area contributed by atoms with Crippen LogP contribution >= 0.6 is 0 Å². The first-order chi connectivity index (χ1) is 15.9. The summed E-state index contributed by atoms with van der Waals surface area (Å²) in [5.74, 6) is 0.0290. The van der Waals surface area contributed by atoms with Gasteiger partial charge in [0.05, 0.1) is 15.9 Å². The third kappa shape index (κ3) is 4.59. The monoisotopic (exact) mass is 445 g/mol. The third-order valence-electron chi connectivity index (χ3n) is 5.11. The van der Waals surface area contributed by atoms with Crippen molar-refractivity contribution in [2.75, 3.05) is 0 Å². The van der Waals surface area contributed by atoms with E-state index in [1.165, 1.54) is 49.6 Å². The minimum Gasteiger partial charge on any atom is -0.460 e. The van der Waals surface area contributed by atoms with Crippen molar-refractivity contribution in [3.8, 4) is 17.2 Å². The van der Waals surface area contributed by atoms with Crippen LogP contribution in [0.15, 0.2) is 76.1 Å². The van der Waals surface area contributed by atoms with Crippen LogP contribution in [0.25, 0.3) is 11.0 Å². The summed E-state index contributed by atoms with van der Waals surface area (Å²) >= 11 is 0. The van der Waals surface area contributed by atoms with Crippen LogP contribution in [-0.2, 0) is 6.42 Å². The Morgan fingerprint density at radius 2 is 1.76 bits per heavy atom. The summed E-state index contributed by atoms with van der Waals surface area (Å²) in [5, 5.41) is 11.2. The number of rotatable bonds is 6. The van der Waals surface area contributed by atoms with E-state index in [2.05, 4.69) is 0 Å². The highest BCUT2D eigenvalue weighted by atomic mass is 16.6. The molecule has 0 fully saturated rings. The maximum absolute atomic E-state index is 12.8. The molecule has 8 nitrogen and oxygen atoms in total. The molecule has 0 amide bonds. The van der Waals surface area contributed by atoms with Gasteiger partial charge in [0.2, 0.25) is 11.2 Å². The van der Waals surface area contributed by atoms with E-state index in [-0.39, 0.29) is 39.1 Å². The standard InChI is InChI=1S/C25H19NO7/c1-3-16-4-7-18(8-5-16)32-23-14-31-22-13-19(9-10-20(22)24(23)27)33-25(28)17-6-11-21(26(29)30)15(2)12-17/h4-14H,3H2,1-2H3. The number of aryl methyl sites for hydroxylation is 2. The fourth-order valence-corrected chi connectivity index (χ4v) is 3.30. The molecule has 1 heterocycles. The number of carbonyl (C=O) groups excluding carboxylic acids is 1. The van der Waals surface area contributed by atoms with Crippen LogP contribution in [0.1, 0.15) is 28.4 Å². The normalized spacial score (nSPS) is 10.7. The molecule has 0 aliphatic rings. The maximum Gasteiger partial charge on any atom is 0.343 e. The fraction of sp³-hybridized carbons (Fsp3) is 0.120. The minimum absolute atomic E-state index is 0.0397. The Hall–Kier alpha value is -4.46. The first kappa shape index (κ1) is 21.8. The van der Waals surface area contributed by atoms with Crippen LogP contribution in [-0.4, -0.2) is 10.9 Å². The van der Waals surface area contributed by atoms with Crippen molar-refractivity contribution in [3.05, 3.63) is 104 Å². The number of ether oxygens (including phenoxy) is 2. The summed E-state index contributed by atoms with van der Waals surface area (Å²) in [4.78, 5) is 35.7.